The standard InChI is InChI=1S/C22H21N3/c1-2-3-4-5-6-10-21-17-24-22(25-18-21)11-8-7-9-19-12-14-20(16-23)15-13-19/h12-15,17-18H,2-6,10H2,1H3. The highest BCUT2D eigenvalue weighted by molar-refractivity contribution is 5.44. The maximum absolute atomic E-state index is 8.75. The van der Waals surface area contributed by atoms with Crippen LogP contribution in [0.1, 0.15) is 61.5 Å². The van der Waals surface area contributed by atoms with Gasteiger partial charge in [0.05, 0.1) is 11.6 Å². The molecule has 0 N–H and O–H groups in total. The Morgan fingerprint density at radius 3 is 2.16 bits per heavy atom. The van der Waals surface area contributed by atoms with Crippen molar-refractivity contribution in [2.75, 3.05) is 0 Å². The molecule has 25 heavy (non-hydrogen) atoms. The van der Waals surface area contributed by atoms with E-state index in [9.17, 15) is 0 Å². The summed E-state index contributed by atoms with van der Waals surface area (Å²) in [6.45, 7) is 2.22. The molecule has 0 amide bonds. The van der Waals surface area contributed by atoms with Gasteiger partial charge in [-0.25, -0.2) is 9.97 Å². The molecule has 2 rings (SSSR count). The summed E-state index contributed by atoms with van der Waals surface area (Å²) in [7, 11) is 0. The van der Waals surface area contributed by atoms with Crippen molar-refractivity contribution in [1.82, 2.24) is 9.97 Å². The summed E-state index contributed by atoms with van der Waals surface area (Å²) in [5, 5.41) is 8.75. The molecule has 0 saturated carbocycles. The van der Waals surface area contributed by atoms with Gasteiger partial charge in [0.25, 0.3) is 0 Å². The zero-order chi connectivity index (χ0) is 17.7. The quantitative estimate of drug-likeness (QED) is 0.588. The predicted molar refractivity (Wildman–Crippen MR) is 99.4 cm³/mol. The van der Waals surface area contributed by atoms with Crippen LogP contribution in [0.5, 0.6) is 0 Å². The first kappa shape index (κ1) is 18.3. The van der Waals surface area contributed by atoms with Crippen molar-refractivity contribution in [3.8, 4) is 29.8 Å². The average molecular weight is 327 g/mol. The molecule has 0 spiro atoms. The van der Waals surface area contributed by atoms with E-state index in [1.54, 1.807) is 24.3 Å². The molecule has 0 atom stereocenters. The van der Waals surface area contributed by atoms with E-state index in [1.807, 2.05) is 12.4 Å². The minimum atomic E-state index is 0.490. The third kappa shape index (κ3) is 6.90. The minimum absolute atomic E-state index is 0.490. The van der Waals surface area contributed by atoms with Gasteiger partial charge >= 0.3 is 0 Å². The van der Waals surface area contributed by atoms with Gasteiger partial charge in [-0.2, -0.15) is 5.26 Å². The van der Waals surface area contributed by atoms with Crippen molar-refractivity contribution in [3.05, 3.63) is 59.2 Å². The van der Waals surface area contributed by atoms with Crippen LogP contribution in [0.2, 0.25) is 0 Å². The zero-order valence-electron chi connectivity index (χ0n) is 14.5. The number of benzene rings is 1. The third-order valence-electron chi connectivity index (χ3n) is 3.73. The topological polar surface area (TPSA) is 49.6 Å². The van der Waals surface area contributed by atoms with Crippen molar-refractivity contribution < 1.29 is 0 Å². The van der Waals surface area contributed by atoms with Gasteiger partial charge in [-0.05, 0) is 60.4 Å². The van der Waals surface area contributed by atoms with E-state index in [0.717, 1.165) is 17.5 Å². The summed E-state index contributed by atoms with van der Waals surface area (Å²) >= 11 is 0. The monoisotopic (exact) mass is 327 g/mol. The second-order valence-electron chi connectivity index (χ2n) is 5.77. The van der Waals surface area contributed by atoms with E-state index in [-0.39, 0.29) is 0 Å². The first-order valence-corrected chi connectivity index (χ1v) is 8.65. The van der Waals surface area contributed by atoms with E-state index in [0.29, 0.717) is 11.4 Å². The number of nitrogens with zero attached hydrogens (tertiary/aromatic N) is 3. The second kappa shape index (κ2) is 10.6. The minimum Gasteiger partial charge on any atom is -0.229 e. The molecular formula is C22H21N3. The van der Waals surface area contributed by atoms with Crippen LogP contribution in [-0.2, 0) is 6.42 Å². The number of aryl methyl sites for hydroxylation is 1. The number of rotatable bonds is 6. The van der Waals surface area contributed by atoms with E-state index < -0.39 is 0 Å². The Morgan fingerprint density at radius 2 is 1.48 bits per heavy atom. The summed E-state index contributed by atoms with van der Waals surface area (Å²) in [6, 6.07) is 9.16. The Balaban J connectivity index is 1.84. The molecule has 0 unspecified atom stereocenters. The second-order valence-corrected chi connectivity index (χ2v) is 5.77. The van der Waals surface area contributed by atoms with Crippen LogP contribution in [0.4, 0.5) is 0 Å². The summed E-state index contributed by atoms with van der Waals surface area (Å²) in [5.41, 5.74) is 2.61. The van der Waals surface area contributed by atoms with Crippen LogP contribution in [0.15, 0.2) is 36.7 Å². The Morgan fingerprint density at radius 1 is 0.840 bits per heavy atom. The van der Waals surface area contributed by atoms with Crippen molar-refractivity contribution in [2.45, 2.75) is 45.4 Å². The highest BCUT2D eigenvalue weighted by Crippen LogP contribution is 2.07. The van der Waals surface area contributed by atoms with Gasteiger partial charge in [-0.1, -0.05) is 38.5 Å². The number of unbranched alkanes of at least 4 members (excludes halogenated alkanes) is 4. The Hall–Kier alpha value is -3.09. The van der Waals surface area contributed by atoms with E-state index in [1.165, 1.54) is 32.1 Å². The van der Waals surface area contributed by atoms with E-state index in [2.05, 4.69) is 46.6 Å². The molecule has 3 heteroatoms. The number of hydrogen-bond donors (Lipinski definition) is 0. The summed E-state index contributed by atoms with van der Waals surface area (Å²) < 4.78 is 0. The summed E-state index contributed by atoms with van der Waals surface area (Å²) in [6.07, 6.45) is 11.1. The molecule has 0 aliphatic carbocycles. The first-order chi connectivity index (χ1) is 12.3. The number of nitriles is 1. The zero-order valence-corrected chi connectivity index (χ0v) is 14.5. The molecule has 124 valence electrons. The normalized spacial score (nSPS) is 9.28. The van der Waals surface area contributed by atoms with Crippen molar-refractivity contribution in [1.29, 1.82) is 5.26 Å². The van der Waals surface area contributed by atoms with E-state index >= 15 is 0 Å². The molecule has 0 aliphatic rings. The maximum atomic E-state index is 8.75. The van der Waals surface area contributed by atoms with Crippen LogP contribution in [0.25, 0.3) is 0 Å². The van der Waals surface area contributed by atoms with Crippen LogP contribution in [0.3, 0.4) is 0 Å². The lowest BCUT2D eigenvalue weighted by Crippen LogP contribution is -1.93. The number of hydrogen-bond acceptors (Lipinski definition) is 3. The lowest BCUT2D eigenvalue weighted by Gasteiger charge is -2.00. The Labute approximate surface area is 150 Å². The lowest BCUT2D eigenvalue weighted by atomic mass is 10.1. The molecular weight excluding hydrogens is 306 g/mol. The third-order valence-corrected chi connectivity index (χ3v) is 3.73. The van der Waals surface area contributed by atoms with Crippen molar-refractivity contribution >= 4 is 0 Å². The molecule has 0 fully saturated rings. The summed E-state index contributed by atoms with van der Waals surface area (Å²) in [5.74, 6) is 11.8. The first-order valence-electron chi connectivity index (χ1n) is 8.65. The smallest absolute Gasteiger partial charge is 0.205 e. The van der Waals surface area contributed by atoms with Gasteiger partial charge < -0.3 is 0 Å². The van der Waals surface area contributed by atoms with Crippen LogP contribution in [0, 0.1) is 35.0 Å². The van der Waals surface area contributed by atoms with Crippen LogP contribution < -0.4 is 0 Å². The van der Waals surface area contributed by atoms with Crippen LogP contribution >= 0.6 is 0 Å². The molecule has 1 heterocycles. The molecule has 1 aromatic carbocycles. The fourth-order valence-electron chi connectivity index (χ4n) is 2.30. The van der Waals surface area contributed by atoms with Crippen molar-refractivity contribution in [2.24, 2.45) is 0 Å². The number of aromatic nitrogens is 2. The van der Waals surface area contributed by atoms with Crippen LogP contribution in [-0.4, -0.2) is 9.97 Å². The molecule has 0 radical (unpaired) electrons. The van der Waals surface area contributed by atoms with Gasteiger partial charge in [-0.15, -0.1) is 0 Å². The van der Waals surface area contributed by atoms with Gasteiger partial charge in [0.2, 0.25) is 5.82 Å². The largest absolute Gasteiger partial charge is 0.229 e. The maximum Gasteiger partial charge on any atom is 0.205 e. The van der Waals surface area contributed by atoms with Gasteiger partial charge in [-0.3, -0.25) is 0 Å². The highest BCUT2D eigenvalue weighted by atomic mass is 14.8. The molecule has 0 bridgehead atoms. The molecule has 1 aromatic heterocycles. The molecule has 0 saturated heterocycles. The molecule has 3 nitrogen and oxygen atoms in total. The molecule has 0 aliphatic heterocycles. The fraction of sp³-hybridized carbons (Fsp3) is 0.318. The SMILES string of the molecule is CCCCCCCc1cnc(C#CC#Cc2ccc(C#N)cc2)nc1. The average Bonchev–Trinajstić information content (AvgIpc) is 2.66. The predicted octanol–water partition coefficient (Wildman–Crippen LogP) is 4.26. The Bertz CT molecular complexity index is 820. The van der Waals surface area contributed by atoms with Gasteiger partial charge in [0.15, 0.2) is 0 Å². The molecule has 2 aromatic rings. The van der Waals surface area contributed by atoms with Gasteiger partial charge in [0.1, 0.15) is 0 Å². The van der Waals surface area contributed by atoms with Gasteiger partial charge in [0, 0.05) is 18.0 Å². The Kier molecular flexibility index (Phi) is 7.77. The van der Waals surface area contributed by atoms with E-state index in [4.69, 9.17) is 5.26 Å². The fourth-order valence-corrected chi connectivity index (χ4v) is 2.30. The van der Waals surface area contributed by atoms with Crippen molar-refractivity contribution in [3.63, 3.8) is 0 Å². The lowest BCUT2D eigenvalue weighted by molar-refractivity contribution is 0.631. The highest BCUT2D eigenvalue weighted by Gasteiger charge is 1.96. The summed E-state index contributed by atoms with van der Waals surface area (Å²) in [4.78, 5) is 8.54.